The van der Waals surface area contributed by atoms with Crippen LogP contribution in [0.5, 0.6) is 5.75 Å². The number of ether oxygens (including phenoxy) is 2. The number of hydrogen-bond donors (Lipinski definition) is 2. The van der Waals surface area contributed by atoms with Crippen molar-refractivity contribution in [2.75, 3.05) is 46.0 Å². The molecule has 0 aliphatic carbocycles. The fraction of sp³-hybridized carbons (Fsp3) is 0.562. The summed E-state index contributed by atoms with van der Waals surface area (Å²) in [7, 11) is 0. The fourth-order valence-electron chi connectivity index (χ4n) is 2.81. The van der Waals surface area contributed by atoms with Crippen LogP contribution >= 0.6 is 0 Å². The van der Waals surface area contributed by atoms with E-state index in [0.717, 1.165) is 50.6 Å². The molecule has 0 saturated carbocycles. The summed E-state index contributed by atoms with van der Waals surface area (Å²) in [6, 6.07) is 7.87. The summed E-state index contributed by atoms with van der Waals surface area (Å²) in [5.74, 6) is 0.924. The number of hydrogen-bond acceptors (Lipinski definition) is 4. The molecule has 1 saturated heterocycles. The lowest BCUT2D eigenvalue weighted by Gasteiger charge is -2.27. The maximum Gasteiger partial charge on any atom is 0.315 e. The third-order valence-corrected chi connectivity index (χ3v) is 4.03. The molecule has 2 N–H and O–H groups in total. The Morgan fingerprint density at radius 2 is 2.09 bits per heavy atom. The average Bonchev–Trinajstić information content (AvgIpc) is 2.56. The SMILES string of the molecule is O=C(NCCN1CCOCC1)NC1COc2ccccc2C1. The van der Waals surface area contributed by atoms with Gasteiger partial charge in [0, 0.05) is 26.2 Å². The molecule has 2 amide bonds. The van der Waals surface area contributed by atoms with Crippen molar-refractivity contribution in [2.24, 2.45) is 0 Å². The number of nitrogens with one attached hydrogen (secondary N) is 2. The number of rotatable bonds is 4. The Balaban J connectivity index is 1.37. The van der Waals surface area contributed by atoms with E-state index in [9.17, 15) is 4.79 Å². The summed E-state index contributed by atoms with van der Waals surface area (Å²) in [6.45, 7) is 5.48. The molecule has 2 heterocycles. The fourth-order valence-corrected chi connectivity index (χ4v) is 2.81. The Morgan fingerprint density at radius 3 is 2.95 bits per heavy atom. The number of carbonyl (C=O) groups is 1. The van der Waals surface area contributed by atoms with Gasteiger partial charge in [0.2, 0.25) is 0 Å². The van der Waals surface area contributed by atoms with E-state index in [1.54, 1.807) is 0 Å². The molecule has 1 aromatic carbocycles. The van der Waals surface area contributed by atoms with Gasteiger partial charge in [0.25, 0.3) is 0 Å². The average molecular weight is 305 g/mol. The lowest BCUT2D eigenvalue weighted by molar-refractivity contribution is 0.0387. The second-order valence-corrected chi connectivity index (χ2v) is 5.67. The van der Waals surface area contributed by atoms with Crippen molar-refractivity contribution < 1.29 is 14.3 Å². The van der Waals surface area contributed by atoms with E-state index in [2.05, 4.69) is 15.5 Å². The number of para-hydroxylation sites is 1. The molecule has 22 heavy (non-hydrogen) atoms. The van der Waals surface area contributed by atoms with Crippen LogP contribution in [0, 0.1) is 0 Å². The number of morpholine rings is 1. The van der Waals surface area contributed by atoms with Crippen molar-refractivity contribution in [3.05, 3.63) is 29.8 Å². The molecule has 0 radical (unpaired) electrons. The first-order valence-electron chi connectivity index (χ1n) is 7.86. The molecule has 3 rings (SSSR count). The van der Waals surface area contributed by atoms with E-state index < -0.39 is 0 Å². The molecule has 6 nitrogen and oxygen atoms in total. The van der Waals surface area contributed by atoms with Crippen LogP contribution in [-0.2, 0) is 11.2 Å². The summed E-state index contributed by atoms with van der Waals surface area (Å²) in [5, 5.41) is 5.89. The van der Waals surface area contributed by atoms with Gasteiger partial charge in [0.1, 0.15) is 12.4 Å². The number of urea groups is 1. The van der Waals surface area contributed by atoms with Gasteiger partial charge in [-0.05, 0) is 18.1 Å². The number of fused-ring (bicyclic) bond motifs is 1. The molecule has 0 aromatic heterocycles. The molecular formula is C16H23N3O3. The zero-order chi connectivity index (χ0) is 15.2. The predicted octanol–water partition coefficient (Wildman–Crippen LogP) is 0.622. The van der Waals surface area contributed by atoms with Gasteiger partial charge < -0.3 is 20.1 Å². The molecule has 6 heteroatoms. The predicted molar refractivity (Wildman–Crippen MR) is 83.2 cm³/mol. The van der Waals surface area contributed by atoms with Crippen molar-refractivity contribution in [3.8, 4) is 5.75 Å². The Hall–Kier alpha value is -1.79. The first kappa shape index (κ1) is 15.1. The van der Waals surface area contributed by atoms with E-state index in [-0.39, 0.29) is 12.1 Å². The zero-order valence-electron chi connectivity index (χ0n) is 12.7. The molecule has 0 bridgehead atoms. The standard InChI is InChI=1S/C16H23N3O3/c20-16(17-5-6-19-7-9-21-10-8-19)18-14-11-13-3-1-2-4-15(13)22-12-14/h1-4,14H,5-12H2,(H2,17,18,20). The first-order chi connectivity index (χ1) is 10.8. The Labute approximate surface area is 130 Å². The maximum atomic E-state index is 11.9. The van der Waals surface area contributed by atoms with Gasteiger partial charge in [0.15, 0.2) is 0 Å². The highest BCUT2D eigenvalue weighted by Gasteiger charge is 2.20. The summed E-state index contributed by atoms with van der Waals surface area (Å²) < 4.78 is 11.0. The highest BCUT2D eigenvalue weighted by molar-refractivity contribution is 5.74. The van der Waals surface area contributed by atoms with Gasteiger partial charge in [-0.1, -0.05) is 18.2 Å². The molecule has 1 aromatic rings. The molecule has 2 aliphatic heterocycles. The van der Waals surface area contributed by atoms with Crippen LogP contribution in [0.15, 0.2) is 24.3 Å². The topological polar surface area (TPSA) is 62.8 Å². The molecule has 1 atom stereocenters. The highest BCUT2D eigenvalue weighted by atomic mass is 16.5. The highest BCUT2D eigenvalue weighted by Crippen LogP contribution is 2.23. The van der Waals surface area contributed by atoms with Crippen molar-refractivity contribution in [1.29, 1.82) is 0 Å². The maximum absolute atomic E-state index is 11.9. The van der Waals surface area contributed by atoms with E-state index in [4.69, 9.17) is 9.47 Å². The number of nitrogens with zero attached hydrogens (tertiary/aromatic N) is 1. The van der Waals surface area contributed by atoms with Gasteiger partial charge in [-0.3, -0.25) is 4.90 Å². The molecule has 2 aliphatic rings. The Morgan fingerprint density at radius 1 is 1.27 bits per heavy atom. The lowest BCUT2D eigenvalue weighted by atomic mass is 10.0. The minimum absolute atomic E-state index is 0.0262. The van der Waals surface area contributed by atoms with Crippen molar-refractivity contribution in [2.45, 2.75) is 12.5 Å². The van der Waals surface area contributed by atoms with Crippen LogP contribution in [0.25, 0.3) is 0 Å². The molecule has 0 spiro atoms. The summed E-state index contributed by atoms with van der Waals surface area (Å²) in [6.07, 6.45) is 0.813. The van der Waals surface area contributed by atoms with E-state index in [1.165, 1.54) is 0 Å². The number of benzene rings is 1. The van der Waals surface area contributed by atoms with Crippen LogP contribution in [0.4, 0.5) is 4.79 Å². The summed E-state index contributed by atoms with van der Waals surface area (Å²) in [5.41, 5.74) is 1.15. The summed E-state index contributed by atoms with van der Waals surface area (Å²) >= 11 is 0. The quantitative estimate of drug-likeness (QED) is 0.856. The van der Waals surface area contributed by atoms with Gasteiger partial charge in [0.05, 0.1) is 19.3 Å². The van der Waals surface area contributed by atoms with Gasteiger partial charge >= 0.3 is 6.03 Å². The van der Waals surface area contributed by atoms with Crippen LogP contribution in [0.2, 0.25) is 0 Å². The second kappa shape index (κ2) is 7.47. The minimum Gasteiger partial charge on any atom is -0.491 e. The minimum atomic E-state index is -0.124. The van der Waals surface area contributed by atoms with E-state index >= 15 is 0 Å². The molecule has 120 valence electrons. The van der Waals surface area contributed by atoms with Crippen LogP contribution in [0.1, 0.15) is 5.56 Å². The van der Waals surface area contributed by atoms with E-state index in [0.29, 0.717) is 13.2 Å². The van der Waals surface area contributed by atoms with Crippen LogP contribution in [-0.4, -0.2) is 63.0 Å². The van der Waals surface area contributed by atoms with Crippen molar-refractivity contribution in [3.63, 3.8) is 0 Å². The largest absolute Gasteiger partial charge is 0.491 e. The summed E-state index contributed by atoms with van der Waals surface area (Å²) in [4.78, 5) is 14.2. The normalized spacial score (nSPS) is 21.5. The third kappa shape index (κ3) is 4.11. The molecule has 1 fully saturated rings. The van der Waals surface area contributed by atoms with Gasteiger partial charge in [-0.15, -0.1) is 0 Å². The monoisotopic (exact) mass is 305 g/mol. The zero-order valence-corrected chi connectivity index (χ0v) is 12.7. The molecule has 1 unspecified atom stereocenters. The van der Waals surface area contributed by atoms with E-state index in [1.807, 2.05) is 24.3 Å². The van der Waals surface area contributed by atoms with Crippen LogP contribution in [0.3, 0.4) is 0 Å². The number of amides is 2. The Bertz CT molecular complexity index is 503. The van der Waals surface area contributed by atoms with Gasteiger partial charge in [-0.2, -0.15) is 0 Å². The number of carbonyl (C=O) groups excluding carboxylic acids is 1. The second-order valence-electron chi connectivity index (χ2n) is 5.67. The first-order valence-corrected chi connectivity index (χ1v) is 7.86. The Kier molecular flexibility index (Phi) is 5.13. The smallest absolute Gasteiger partial charge is 0.315 e. The third-order valence-electron chi connectivity index (χ3n) is 4.03. The lowest BCUT2D eigenvalue weighted by Crippen LogP contribution is -2.49. The van der Waals surface area contributed by atoms with Gasteiger partial charge in [-0.25, -0.2) is 4.79 Å². The van der Waals surface area contributed by atoms with Crippen LogP contribution < -0.4 is 15.4 Å². The van der Waals surface area contributed by atoms with Crippen molar-refractivity contribution in [1.82, 2.24) is 15.5 Å². The molecular weight excluding hydrogens is 282 g/mol. The van der Waals surface area contributed by atoms with Crippen molar-refractivity contribution >= 4 is 6.03 Å².